The zero-order valence-electron chi connectivity index (χ0n) is 13.7. The molecule has 122 valence electrons. The SMILES string of the molecule is CCCCOC(=O)c1cc(CC)cnc1C(=O)OCCCC. The van der Waals surface area contributed by atoms with Crippen LogP contribution in [0.1, 0.15) is 72.9 Å². The van der Waals surface area contributed by atoms with Crippen molar-refractivity contribution in [3.63, 3.8) is 0 Å². The molecule has 0 atom stereocenters. The number of ether oxygens (including phenoxy) is 2. The molecule has 1 heterocycles. The Hall–Kier alpha value is -1.91. The quantitative estimate of drug-likeness (QED) is 0.515. The van der Waals surface area contributed by atoms with Crippen LogP contribution in [0.25, 0.3) is 0 Å². The lowest BCUT2D eigenvalue weighted by atomic mass is 10.1. The van der Waals surface area contributed by atoms with E-state index >= 15 is 0 Å². The minimum absolute atomic E-state index is 0.0369. The number of esters is 2. The van der Waals surface area contributed by atoms with Gasteiger partial charge < -0.3 is 9.47 Å². The third kappa shape index (κ3) is 5.47. The summed E-state index contributed by atoms with van der Waals surface area (Å²) in [4.78, 5) is 28.4. The summed E-state index contributed by atoms with van der Waals surface area (Å²) in [7, 11) is 0. The Morgan fingerprint density at radius 3 is 2.14 bits per heavy atom. The highest BCUT2D eigenvalue weighted by Gasteiger charge is 2.21. The molecule has 0 fully saturated rings. The van der Waals surface area contributed by atoms with Gasteiger partial charge >= 0.3 is 11.9 Å². The molecule has 0 aliphatic rings. The van der Waals surface area contributed by atoms with E-state index in [0.29, 0.717) is 13.2 Å². The van der Waals surface area contributed by atoms with Crippen LogP contribution in [0.15, 0.2) is 12.3 Å². The topological polar surface area (TPSA) is 65.5 Å². The van der Waals surface area contributed by atoms with Gasteiger partial charge in [0.05, 0.1) is 18.8 Å². The highest BCUT2D eigenvalue weighted by molar-refractivity contribution is 6.01. The first-order valence-corrected chi connectivity index (χ1v) is 7.97. The molecule has 0 radical (unpaired) electrons. The van der Waals surface area contributed by atoms with Gasteiger partial charge in [-0.15, -0.1) is 0 Å². The standard InChI is InChI=1S/C17H25NO4/c1-4-7-9-21-16(19)14-11-13(6-3)12-18-15(14)17(20)22-10-8-5-2/h11-12H,4-10H2,1-3H3. The Morgan fingerprint density at radius 2 is 1.59 bits per heavy atom. The molecule has 22 heavy (non-hydrogen) atoms. The second-order valence-corrected chi connectivity index (χ2v) is 5.07. The minimum atomic E-state index is -0.571. The lowest BCUT2D eigenvalue weighted by Crippen LogP contribution is -2.17. The molecule has 0 bridgehead atoms. The predicted octanol–water partition coefficient (Wildman–Crippen LogP) is 3.56. The van der Waals surface area contributed by atoms with Crippen molar-refractivity contribution in [1.82, 2.24) is 4.98 Å². The third-order valence-corrected chi connectivity index (χ3v) is 3.23. The van der Waals surface area contributed by atoms with Crippen molar-refractivity contribution in [2.45, 2.75) is 52.9 Å². The van der Waals surface area contributed by atoms with Crippen LogP contribution >= 0.6 is 0 Å². The smallest absolute Gasteiger partial charge is 0.357 e. The Balaban J connectivity index is 2.90. The van der Waals surface area contributed by atoms with E-state index in [4.69, 9.17) is 9.47 Å². The van der Waals surface area contributed by atoms with Crippen LogP contribution in [-0.2, 0) is 15.9 Å². The van der Waals surface area contributed by atoms with Crippen molar-refractivity contribution in [2.75, 3.05) is 13.2 Å². The molecular formula is C17H25NO4. The number of hydrogen-bond donors (Lipinski definition) is 0. The first-order valence-electron chi connectivity index (χ1n) is 7.97. The van der Waals surface area contributed by atoms with Crippen molar-refractivity contribution in [3.05, 3.63) is 29.1 Å². The van der Waals surface area contributed by atoms with E-state index in [1.165, 1.54) is 0 Å². The third-order valence-electron chi connectivity index (χ3n) is 3.23. The fraction of sp³-hybridized carbons (Fsp3) is 0.588. The summed E-state index contributed by atoms with van der Waals surface area (Å²) in [6, 6.07) is 1.66. The lowest BCUT2D eigenvalue weighted by Gasteiger charge is -2.10. The Morgan fingerprint density at radius 1 is 1.00 bits per heavy atom. The van der Waals surface area contributed by atoms with Gasteiger partial charge in [0.25, 0.3) is 0 Å². The Bertz CT molecular complexity index is 499. The average Bonchev–Trinajstić information content (AvgIpc) is 2.54. The van der Waals surface area contributed by atoms with Crippen LogP contribution < -0.4 is 0 Å². The zero-order chi connectivity index (χ0) is 16.4. The van der Waals surface area contributed by atoms with E-state index in [1.807, 2.05) is 20.8 Å². The molecule has 0 saturated heterocycles. The molecule has 0 aromatic carbocycles. The Labute approximate surface area is 132 Å². The molecule has 0 N–H and O–H groups in total. The number of aryl methyl sites for hydroxylation is 1. The molecule has 0 spiro atoms. The summed E-state index contributed by atoms with van der Waals surface area (Å²) >= 11 is 0. The van der Waals surface area contributed by atoms with E-state index in [0.717, 1.165) is 37.7 Å². The molecular weight excluding hydrogens is 282 g/mol. The van der Waals surface area contributed by atoms with Gasteiger partial charge in [0.2, 0.25) is 0 Å². The van der Waals surface area contributed by atoms with Gasteiger partial charge in [-0.05, 0) is 30.9 Å². The van der Waals surface area contributed by atoms with Gasteiger partial charge in [-0.3, -0.25) is 0 Å². The summed E-state index contributed by atoms with van der Waals surface area (Å²) in [6.45, 7) is 6.66. The van der Waals surface area contributed by atoms with E-state index in [1.54, 1.807) is 12.3 Å². The van der Waals surface area contributed by atoms with Gasteiger partial charge in [-0.25, -0.2) is 14.6 Å². The van der Waals surface area contributed by atoms with Crippen LogP contribution in [0.3, 0.4) is 0 Å². The zero-order valence-corrected chi connectivity index (χ0v) is 13.7. The van der Waals surface area contributed by atoms with E-state index < -0.39 is 11.9 Å². The number of nitrogens with zero attached hydrogens (tertiary/aromatic N) is 1. The molecule has 1 rings (SSSR count). The number of hydrogen-bond acceptors (Lipinski definition) is 5. The van der Waals surface area contributed by atoms with E-state index in [9.17, 15) is 9.59 Å². The van der Waals surface area contributed by atoms with Crippen molar-refractivity contribution in [3.8, 4) is 0 Å². The normalized spacial score (nSPS) is 10.3. The van der Waals surface area contributed by atoms with Crippen LogP contribution in [0.5, 0.6) is 0 Å². The maximum Gasteiger partial charge on any atom is 0.357 e. The van der Waals surface area contributed by atoms with Crippen LogP contribution in [0, 0.1) is 0 Å². The largest absolute Gasteiger partial charge is 0.462 e. The van der Waals surface area contributed by atoms with E-state index in [2.05, 4.69) is 4.98 Å². The van der Waals surface area contributed by atoms with Crippen molar-refractivity contribution in [2.24, 2.45) is 0 Å². The molecule has 0 amide bonds. The van der Waals surface area contributed by atoms with Crippen molar-refractivity contribution < 1.29 is 19.1 Å². The molecule has 1 aromatic heterocycles. The van der Waals surface area contributed by atoms with Gasteiger partial charge in [0.15, 0.2) is 5.69 Å². The maximum absolute atomic E-state index is 12.2. The van der Waals surface area contributed by atoms with Crippen molar-refractivity contribution >= 4 is 11.9 Å². The average molecular weight is 307 g/mol. The van der Waals surface area contributed by atoms with Crippen LogP contribution in [-0.4, -0.2) is 30.1 Å². The summed E-state index contributed by atoms with van der Waals surface area (Å²) < 4.78 is 10.3. The first kappa shape index (κ1) is 18.1. The maximum atomic E-state index is 12.2. The van der Waals surface area contributed by atoms with Crippen LogP contribution in [0.4, 0.5) is 0 Å². The molecule has 0 unspecified atom stereocenters. The van der Waals surface area contributed by atoms with Crippen molar-refractivity contribution in [1.29, 1.82) is 0 Å². The minimum Gasteiger partial charge on any atom is -0.462 e. The molecule has 1 aromatic rings. The predicted molar refractivity (Wildman–Crippen MR) is 84.0 cm³/mol. The number of rotatable bonds is 9. The summed E-state index contributed by atoms with van der Waals surface area (Å²) in [5, 5.41) is 0. The highest BCUT2D eigenvalue weighted by Crippen LogP contribution is 2.13. The molecule has 0 saturated carbocycles. The number of carbonyl (C=O) groups is 2. The molecule has 5 heteroatoms. The number of pyridine rings is 1. The second kappa shape index (κ2) is 9.92. The summed E-state index contributed by atoms with van der Waals surface area (Å²) in [5.74, 6) is -1.09. The Kier molecular flexibility index (Phi) is 8.18. The fourth-order valence-corrected chi connectivity index (χ4v) is 1.78. The second-order valence-electron chi connectivity index (χ2n) is 5.07. The number of carbonyl (C=O) groups excluding carboxylic acids is 2. The van der Waals surface area contributed by atoms with E-state index in [-0.39, 0.29) is 11.3 Å². The van der Waals surface area contributed by atoms with Gasteiger partial charge in [0.1, 0.15) is 0 Å². The molecule has 0 aliphatic carbocycles. The highest BCUT2D eigenvalue weighted by atomic mass is 16.5. The monoisotopic (exact) mass is 307 g/mol. The fourth-order valence-electron chi connectivity index (χ4n) is 1.78. The number of unbranched alkanes of at least 4 members (excludes halogenated alkanes) is 2. The molecule has 0 aliphatic heterocycles. The first-order chi connectivity index (χ1) is 10.6. The van der Waals surface area contributed by atoms with Gasteiger partial charge in [0, 0.05) is 6.20 Å². The molecule has 5 nitrogen and oxygen atoms in total. The summed E-state index contributed by atoms with van der Waals surface area (Å²) in [5.41, 5.74) is 1.11. The van der Waals surface area contributed by atoms with Crippen LogP contribution in [0.2, 0.25) is 0 Å². The van der Waals surface area contributed by atoms with Gasteiger partial charge in [-0.1, -0.05) is 33.6 Å². The lowest BCUT2D eigenvalue weighted by molar-refractivity contribution is 0.0446. The summed E-state index contributed by atoms with van der Waals surface area (Å²) in [6.07, 6.45) is 5.78. The number of aromatic nitrogens is 1. The van der Waals surface area contributed by atoms with Gasteiger partial charge in [-0.2, -0.15) is 0 Å².